The molecule has 0 radical (unpaired) electrons. The van der Waals surface area contributed by atoms with Crippen LogP contribution in [0.15, 0.2) is 165 Å². The third-order valence-electron chi connectivity index (χ3n) is 12.4. The molecule has 4 heterocycles. The van der Waals surface area contributed by atoms with Crippen molar-refractivity contribution in [3.8, 4) is 5.69 Å². The van der Waals surface area contributed by atoms with Crippen molar-refractivity contribution in [3.05, 3.63) is 174 Å². The van der Waals surface area contributed by atoms with E-state index in [1.807, 2.05) is 12.1 Å². The molecule has 4 aliphatic rings. The first-order valence-corrected chi connectivity index (χ1v) is 20.2. The number of benzene rings is 5. The molecule has 0 bridgehead atoms. The van der Waals surface area contributed by atoms with E-state index in [9.17, 15) is 0 Å². The Bertz CT molecular complexity index is 3140. The normalized spacial score (nSPS) is 20.6. The minimum Gasteiger partial charge on any atom is -0.456 e. The standard InChI is InChI=1S/C51H40N4O2/c1-3-13-31(14-4-1)49-52-50(32-15-5-2-6-16-32)54-51(53-49)38-20-12-24-46-47(38)37-19-11-22-43(48(37)57-46)55-41-21-9-7-17-35(41)39-29-33(25-27-42(39)55)34-26-28-45-40(30-34)36-18-8-10-23-44(36)56-45/h1-5,7-13,15,17-24,26,28-31,50-51,54H,6,14,16,25,27H2,(H,52,53). The fourth-order valence-electron chi connectivity index (χ4n) is 9.69. The summed E-state index contributed by atoms with van der Waals surface area (Å²) in [6, 6.07) is 36.8. The van der Waals surface area contributed by atoms with Crippen molar-refractivity contribution >= 4 is 72.3 Å². The Hall–Kier alpha value is -6.63. The molecule has 6 heteroatoms. The second kappa shape index (κ2) is 13.0. The Morgan fingerprint density at radius 1 is 0.702 bits per heavy atom. The zero-order valence-electron chi connectivity index (χ0n) is 31.4. The molecule has 8 aromatic rings. The number of hydrogen-bond acceptors (Lipinski definition) is 5. The first kappa shape index (κ1) is 32.6. The van der Waals surface area contributed by atoms with Gasteiger partial charge in [0.15, 0.2) is 5.58 Å². The lowest BCUT2D eigenvalue weighted by molar-refractivity contribution is 0.421. The van der Waals surface area contributed by atoms with E-state index >= 15 is 0 Å². The Morgan fingerprint density at radius 3 is 2.47 bits per heavy atom. The van der Waals surface area contributed by atoms with Gasteiger partial charge in [0.2, 0.25) is 0 Å². The van der Waals surface area contributed by atoms with Crippen LogP contribution in [-0.4, -0.2) is 16.6 Å². The first-order chi connectivity index (χ1) is 28.2. The van der Waals surface area contributed by atoms with Crippen LogP contribution in [0, 0.1) is 5.92 Å². The van der Waals surface area contributed by atoms with Gasteiger partial charge in [-0.25, -0.2) is 4.99 Å². The largest absolute Gasteiger partial charge is 0.456 e. The summed E-state index contributed by atoms with van der Waals surface area (Å²) in [6.45, 7) is 0. The number of hydrogen-bond donors (Lipinski definition) is 2. The molecule has 0 amide bonds. The molecule has 3 atom stereocenters. The minimum absolute atomic E-state index is 0.00704. The Labute approximate surface area is 329 Å². The molecule has 0 saturated heterocycles. The summed E-state index contributed by atoms with van der Waals surface area (Å²) in [5, 5.41) is 13.5. The number of fused-ring (bicyclic) bond motifs is 9. The molecular weight excluding hydrogens is 701 g/mol. The predicted molar refractivity (Wildman–Crippen MR) is 234 cm³/mol. The lowest BCUT2D eigenvalue weighted by Crippen LogP contribution is -2.53. The summed E-state index contributed by atoms with van der Waals surface area (Å²) in [5.41, 5.74) is 13.5. The van der Waals surface area contributed by atoms with Crippen LogP contribution in [0.4, 0.5) is 0 Å². The van der Waals surface area contributed by atoms with Gasteiger partial charge in [-0.1, -0.05) is 109 Å². The SMILES string of the molecule is C1=CCCC(C2NC(C3C=CC=CC3)=NC(c3cccc4oc5c(-n6c7c(c8ccccc86)C=C(c6ccc8oc9ccccc9c8c6)CC7)cccc5c34)N2)=C1. The van der Waals surface area contributed by atoms with Crippen molar-refractivity contribution in [1.29, 1.82) is 0 Å². The second-order valence-corrected chi connectivity index (χ2v) is 15.7. The smallest absolute Gasteiger partial charge is 0.159 e. The summed E-state index contributed by atoms with van der Waals surface area (Å²) in [4.78, 5) is 5.39. The maximum atomic E-state index is 6.95. The van der Waals surface area contributed by atoms with Crippen LogP contribution in [0.2, 0.25) is 0 Å². The van der Waals surface area contributed by atoms with E-state index in [1.165, 1.54) is 38.9 Å². The first-order valence-electron chi connectivity index (χ1n) is 20.2. The number of allylic oxidation sites excluding steroid dienone is 7. The van der Waals surface area contributed by atoms with E-state index in [-0.39, 0.29) is 18.2 Å². The van der Waals surface area contributed by atoms with Crippen molar-refractivity contribution in [2.45, 2.75) is 44.4 Å². The summed E-state index contributed by atoms with van der Waals surface area (Å²) < 4.78 is 15.6. The lowest BCUT2D eigenvalue weighted by atomic mass is 9.90. The fourth-order valence-corrected chi connectivity index (χ4v) is 9.69. The Kier molecular flexibility index (Phi) is 7.42. The molecule has 6 nitrogen and oxygen atoms in total. The van der Waals surface area contributed by atoms with Crippen molar-refractivity contribution < 1.29 is 8.83 Å². The molecule has 0 fully saturated rings. The van der Waals surface area contributed by atoms with Crippen LogP contribution >= 0.6 is 0 Å². The van der Waals surface area contributed by atoms with E-state index in [0.29, 0.717) is 0 Å². The average molecular weight is 741 g/mol. The zero-order chi connectivity index (χ0) is 37.5. The third-order valence-corrected chi connectivity index (χ3v) is 12.4. The summed E-state index contributed by atoms with van der Waals surface area (Å²) >= 11 is 0. The van der Waals surface area contributed by atoms with E-state index in [0.717, 1.165) is 93.1 Å². The van der Waals surface area contributed by atoms with Gasteiger partial charge in [0.25, 0.3) is 0 Å². The highest BCUT2D eigenvalue weighted by atomic mass is 16.3. The highest BCUT2D eigenvalue weighted by Crippen LogP contribution is 2.43. The van der Waals surface area contributed by atoms with Gasteiger partial charge in [0, 0.05) is 49.7 Å². The van der Waals surface area contributed by atoms with Gasteiger partial charge in [-0.3, -0.25) is 5.32 Å². The van der Waals surface area contributed by atoms with Crippen LogP contribution in [0.3, 0.4) is 0 Å². The van der Waals surface area contributed by atoms with Crippen molar-refractivity contribution in [1.82, 2.24) is 15.2 Å². The predicted octanol–water partition coefficient (Wildman–Crippen LogP) is 12.2. The number of aliphatic imine (C=N–C) groups is 1. The molecule has 3 aromatic heterocycles. The number of nitrogens with one attached hydrogen (secondary N) is 2. The molecule has 276 valence electrons. The molecule has 2 N–H and O–H groups in total. The quantitative estimate of drug-likeness (QED) is 0.184. The van der Waals surface area contributed by atoms with E-state index in [1.54, 1.807) is 0 Å². The summed E-state index contributed by atoms with van der Waals surface area (Å²) in [5.74, 6) is 1.24. The Balaban J connectivity index is 0.991. The molecule has 5 aromatic carbocycles. The number of nitrogens with zero attached hydrogens (tertiary/aromatic N) is 2. The van der Waals surface area contributed by atoms with Crippen LogP contribution in [0.5, 0.6) is 0 Å². The maximum absolute atomic E-state index is 6.95. The number of aromatic nitrogens is 1. The number of rotatable bonds is 5. The number of furan rings is 2. The third kappa shape index (κ3) is 5.24. The van der Waals surface area contributed by atoms with Crippen molar-refractivity contribution in [2.75, 3.05) is 0 Å². The van der Waals surface area contributed by atoms with E-state index < -0.39 is 0 Å². The van der Waals surface area contributed by atoms with Crippen LogP contribution in [-0.2, 0) is 6.42 Å². The van der Waals surface area contributed by atoms with Gasteiger partial charge < -0.3 is 18.7 Å². The van der Waals surface area contributed by atoms with Crippen LogP contribution < -0.4 is 10.6 Å². The number of amidine groups is 1. The number of para-hydroxylation sites is 3. The molecule has 0 spiro atoms. The highest BCUT2D eigenvalue weighted by molar-refractivity contribution is 6.11. The van der Waals surface area contributed by atoms with Crippen molar-refractivity contribution in [2.24, 2.45) is 10.9 Å². The molecule has 3 unspecified atom stereocenters. The average Bonchev–Trinajstić information content (AvgIpc) is 3.96. The van der Waals surface area contributed by atoms with Crippen LogP contribution in [0.25, 0.3) is 72.1 Å². The minimum atomic E-state index is -0.242. The second-order valence-electron chi connectivity index (χ2n) is 15.7. The highest BCUT2D eigenvalue weighted by Gasteiger charge is 2.31. The monoisotopic (exact) mass is 740 g/mol. The maximum Gasteiger partial charge on any atom is 0.159 e. The van der Waals surface area contributed by atoms with Gasteiger partial charge in [0.1, 0.15) is 34.9 Å². The molecular formula is C51H40N4O2. The van der Waals surface area contributed by atoms with Gasteiger partial charge in [0.05, 0.1) is 11.2 Å². The van der Waals surface area contributed by atoms with E-state index in [2.05, 4.69) is 155 Å². The zero-order valence-corrected chi connectivity index (χ0v) is 31.4. The van der Waals surface area contributed by atoms with Gasteiger partial charge in [-0.05, 0) is 91.3 Å². The summed E-state index contributed by atoms with van der Waals surface area (Å²) in [7, 11) is 0. The molecule has 1 aliphatic heterocycles. The topological polar surface area (TPSA) is 67.6 Å². The van der Waals surface area contributed by atoms with Gasteiger partial charge >= 0.3 is 0 Å². The summed E-state index contributed by atoms with van der Waals surface area (Å²) in [6.07, 6.45) is 22.5. The lowest BCUT2D eigenvalue weighted by Gasteiger charge is -2.36. The van der Waals surface area contributed by atoms with Crippen molar-refractivity contribution in [3.63, 3.8) is 0 Å². The Morgan fingerprint density at radius 2 is 1.56 bits per heavy atom. The van der Waals surface area contributed by atoms with Gasteiger partial charge in [-0.2, -0.15) is 0 Å². The molecule has 57 heavy (non-hydrogen) atoms. The molecule has 3 aliphatic carbocycles. The van der Waals surface area contributed by atoms with Gasteiger partial charge in [-0.15, -0.1) is 0 Å². The molecule has 0 saturated carbocycles. The molecule has 12 rings (SSSR count). The fraction of sp³-hybridized carbons (Fsp3) is 0.157. The van der Waals surface area contributed by atoms with E-state index in [4.69, 9.17) is 13.8 Å². The van der Waals surface area contributed by atoms with Crippen LogP contribution in [0.1, 0.15) is 54.2 Å².